The van der Waals surface area contributed by atoms with Crippen molar-refractivity contribution in [3.8, 4) is 11.3 Å². The summed E-state index contributed by atoms with van der Waals surface area (Å²) >= 11 is 0. The van der Waals surface area contributed by atoms with Gasteiger partial charge in [-0.25, -0.2) is 9.97 Å². The highest BCUT2D eigenvalue weighted by Gasteiger charge is 2.44. The Labute approximate surface area is 156 Å². The molecule has 3 aliphatic rings. The third kappa shape index (κ3) is 2.63. The number of aromatic nitrogens is 2. The molecule has 0 amide bonds. The maximum atomic E-state index is 14.4. The van der Waals surface area contributed by atoms with E-state index in [4.69, 9.17) is 0 Å². The number of fused-ring (bicyclic) bond motifs is 2. The van der Waals surface area contributed by atoms with Gasteiger partial charge in [0.25, 0.3) is 5.92 Å². The van der Waals surface area contributed by atoms with Crippen molar-refractivity contribution < 1.29 is 13.9 Å². The number of anilines is 1. The van der Waals surface area contributed by atoms with E-state index in [-0.39, 0.29) is 18.5 Å². The van der Waals surface area contributed by atoms with Crippen LogP contribution in [0.5, 0.6) is 0 Å². The number of halogens is 2. The van der Waals surface area contributed by atoms with Crippen molar-refractivity contribution in [2.75, 3.05) is 25.0 Å². The first-order valence-electron chi connectivity index (χ1n) is 9.49. The van der Waals surface area contributed by atoms with Gasteiger partial charge in [-0.05, 0) is 43.5 Å². The zero-order valence-corrected chi connectivity index (χ0v) is 15.2. The molecule has 7 heteroatoms. The summed E-state index contributed by atoms with van der Waals surface area (Å²) in [5.74, 6) is -2.62. The molecule has 5 rings (SSSR count). The molecule has 1 unspecified atom stereocenters. The molecule has 1 aliphatic heterocycles. The minimum atomic E-state index is -2.92. The molecule has 142 valence electrons. The van der Waals surface area contributed by atoms with Crippen LogP contribution in [0.1, 0.15) is 41.3 Å². The third-order valence-electron chi connectivity index (χ3n) is 6.02. The van der Waals surface area contributed by atoms with Crippen LogP contribution in [0.25, 0.3) is 11.3 Å². The normalized spacial score (nSPS) is 23.3. The van der Waals surface area contributed by atoms with Gasteiger partial charge in [0.1, 0.15) is 5.69 Å². The van der Waals surface area contributed by atoms with Gasteiger partial charge < -0.3 is 15.3 Å². The summed E-state index contributed by atoms with van der Waals surface area (Å²) in [4.78, 5) is 10.6. The molecule has 2 aliphatic carbocycles. The summed E-state index contributed by atoms with van der Waals surface area (Å²) in [6, 6.07) is 6.53. The van der Waals surface area contributed by atoms with E-state index in [2.05, 4.69) is 27.4 Å². The van der Waals surface area contributed by atoms with E-state index < -0.39 is 12.0 Å². The summed E-state index contributed by atoms with van der Waals surface area (Å²) < 4.78 is 28.9. The highest BCUT2D eigenvalue weighted by molar-refractivity contribution is 5.69. The van der Waals surface area contributed by atoms with Crippen molar-refractivity contribution >= 4 is 5.95 Å². The molecule has 0 saturated carbocycles. The standard InChI is InChI=1S/C20H22F2N4O/c1-23-16-5-3-11-8-12(2-4-14(11)16)17-15-6-7-20(21,22)18(15)25-19(24-17)26-9-13(27)10-26/h2,4,8,13,16,23,27H,3,5-7,9-10H2,1H3. The molecule has 27 heavy (non-hydrogen) atoms. The van der Waals surface area contributed by atoms with Gasteiger partial charge in [0.05, 0.1) is 11.8 Å². The number of β-amino-alcohol motifs (C(OH)–C–C–N with tert-alkyl or cyclic N) is 1. The highest BCUT2D eigenvalue weighted by atomic mass is 19.3. The minimum absolute atomic E-state index is 0.141. The fourth-order valence-electron chi connectivity index (χ4n) is 4.48. The molecule has 5 nitrogen and oxygen atoms in total. The summed E-state index contributed by atoms with van der Waals surface area (Å²) in [5.41, 5.74) is 4.45. The molecule has 1 saturated heterocycles. The Kier molecular flexibility index (Phi) is 3.74. The van der Waals surface area contributed by atoms with E-state index in [0.717, 1.165) is 18.4 Å². The highest BCUT2D eigenvalue weighted by Crippen LogP contribution is 2.45. The zero-order chi connectivity index (χ0) is 18.8. The zero-order valence-electron chi connectivity index (χ0n) is 15.2. The first kappa shape index (κ1) is 17.0. The fourth-order valence-corrected chi connectivity index (χ4v) is 4.48. The molecule has 1 atom stereocenters. The smallest absolute Gasteiger partial charge is 0.290 e. The Morgan fingerprint density at radius 3 is 2.78 bits per heavy atom. The van der Waals surface area contributed by atoms with E-state index in [1.807, 2.05) is 13.1 Å². The quantitative estimate of drug-likeness (QED) is 0.867. The lowest BCUT2D eigenvalue weighted by Gasteiger charge is -2.36. The number of nitrogens with zero attached hydrogens (tertiary/aromatic N) is 3. The van der Waals surface area contributed by atoms with Gasteiger partial charge in [0.2, 0.25) is 5.95 Å². The number of aryl methyl sites for hydroxylation is 1. The van der Waals surface area contributed by atoms with Crippen LogP contribution in [0, 0.1) is 0 Å². The molecule has 2 N–H and O–H groups in total. The number of hydrogen-bond acceptors (Lipinski definition) is 5. The Morgan fingerprint density at radius 2 is 2.04 bits per heavy atom. The van der Waals surface area contributed by atoms with Crippen molar-refractivity contribution in [3.05, 3.63) is 40.6 Å². The van der Waals surface area contributed by atoms with Crippen LogP contribution < -0.4 is 10.2 Å². The molecule has 0 bridgehead atoms. The number of hydrogen-bond donors (Lipinski definition) is 2. The number of aliphatic hydroxyl groups excluding tert-OH is 1. The van der Waals surface area contributed by atoms with E-state index in [1.54, 1.807) is 4.90 Å². The van der Waals surface area contributed by atoms with Crippen LogP contribution in [0.4, 0.5) is 14.7 Å². The molecular weight excluding hydrogens is 350 g/mol. The minimum Gasteiger partial charge on any atom is -0.389 e. The first-order chi connectivity index (χ1) is 13.0. The van der Waals surface area contributed by atoms with Gasteiger partial charge in [-0.1, -0.05) is 12.1 Å². The Hall–Kier alpha value is -2.12. The van der Waals surface area contributed by atoms with E-state index >= 15 is 0 Å². The van der Waals surface area contributed by atoms with Gasteiger partial charge in [-0.3, -0.25) is 0 Å². The summed E-state index contributed by atoms with van der Waals surface area (Å²) in [5, 5.41) is 12.9. The first-order valence-corrected chi connectivity index (χ1v) is 9.49. The van der Waals surface area contributed by atoms with Crippen molar-refractivity contribution in [2.24, 2.45) is 0 Å². The van der Waals surface area contributed by atoms with Crippen LogP contribution in [0.15, 0.2) is 18.2 Å². The molecule has 1 aromatic heterocycles. The van der Waals surface area contributed by atoms with Crippen molar-refractivity contribution in [1.82, 2.24) is 15.3 Å². The molecule has 1 fully saturated rings. The average molecular weight is 372 g/mol. The number of aliphatic hydroxyl groups is 1. The Morgan fingerprint density at radius 1 is 1.22 bits per heavy atom. The van der Waals surface area contributed by atoms with Gasteiger partial charge in [-0.2, -0.15) is 8.78 Å². The SMILES string of the molecule is CNC1CCc2cc(-c3nc(N4CC(O)C4)nc4c3CCC4(F)F)ccc21. The van der Waals surface area contributed by atoms with Crippen molar-refractivity contribution in [2.45, 2.75) is 43.8 Å². The maximum Gasteiger partial charge on any atom is 0.290 e. The van der Waals surface area contributed by atoms with E-state index in [1.165, 1.54) is 11.1 Å². The Balaban J connectivity index is 1.62. The van der Waals surface area contributed by atoms with Crippen LogP contribution in [0.3, 0.4) is 0 Å². The predicted octanol–water partition coefficient (Wildman–Crippen LogP) is 2.57. The monoisotopic (exact) mass is 372 g/mol. The lowest BCUT2D eigenvalue weighted by molar-refractivity contribution is -0.00596. The van der Waals surface area contributed by atoms with Gasteiger partial charge in [0.15, 0.2) is 0 Å². The molecule has 2 aromatic rings. The number of benzene rings is 1. The van der Waals surface area contributed by atoms with Gasteiger partial charge in [-0.15, -0.1) is 0 Å². The molecule has 0 spiro atoms. The third-order valence-corrected chi connectivity index (χ3v) is 6.02. The van der Waals surface area contributed by atoms with Gasteiger partial charge >= 0.3 is 0 Å². The van der Waals surface area contributed by atoms with Crippen LogP contribution in [-0.2, 0) is 18.8 Å². The number of nitrogens with one attached hydrogen (secondary N) is 1. The fraction of sp³-hybridized carbons (Fsp3) is 0.500. The van der Waals surface area contributed by atoms with Crippen LogP contribution in [0.2, 0.25) is 0 Å². The summed E-state index contributed by atoms with van der Waals surface area (Å²) in [6.07, 6.45) is 1.65. The van der Waals surface area contributed by atoms with Crippen molar-refractivity contribution in [3.63, 3.8) is 0 Å². The maximum absolute atomic E-state index is 14.4. The second kappa shape index (κ2) is 5.94. The lowest BCUT2D eigenvalue weighted by atomic mass is 9.99. The second-order valence-corrected chi connectivity index (χ2v) is 7.76. The van der Waals surface area contributed by atoms with E-state index in [9.17, 15) is 13.9 Å². The van der Waals surface area contributed by atoms with Gasteiger partial charge in [0, 0.05) is 36.7 Å². The lowest BCUT2D eigenvalue weighted by Crippen LogP contribution is -2.51. The van der Waals surface area contributed by atoms with Crippen LogP contribution in [-0.4, -0.2) is 41.3 Å². The number of rotatable bonds is 3. The molecule has 0 radical (unpaired) electrons. The summed E-state index contributed by atoms with van der Waals surface area (Å²) in [7, 11) is 1.96. The molecule has 1 aromatic carbocycles. The second-order valence-electron chi connectivity index (χ2n) is 7.76. The number of alkyl halides is 2. The topological polar surface area (TPSA) is 61.3 Å². The van der Waals surface area contributed by atoms with Crippen molar-refractivity contribution in [1.29, 1.82) is 0 Å². The average Bonchev–Trinajstić information content (AvgIpc) is 3.18. The summed E-state index contributed by atoms with van der Waals surface area (Å²) in [6.45, 7) is 0.773. The van der Waals surface area contributed by atoms with E-state index in [0.29, 0.717) is 36.3 Å². The van der Waals surface area contributed by atoms with Crippen LogP contribution >= 0.6 is 0 Å². The molecule has 2 heterocycles. The predicted molar refractivity (Wildman–Crippen MR) is 98.0 cm³/mol. The molecular formula is C20H22F2N4O. The largest absolute Gasteiger partial charge is 0.389 e. The Bertz CT molecular complexity index is 911.